The second-order valence-corrected chi connectivity index (χ2v) is 25.4. The third-order valence-corrected chi connectivity index (χ3v) is 22.9. The Morgan fingerprint density at radius 3 is 2.29 bits per heavy atom. The molecule has 1 amide bonds. The number of carbonyl (C=O) groups is 3. The molecule has 15 atom stereocenters. The second-order valence-electron chi connectivity index (χ2n) is 25.4. The number of nitrogens with zero attached hydrogens (tertiary/aromatic N) is 4. The number of carboxylic acid groups (broad SMARTS) is 1. The zero-order valence-electron chi connectivity index (χ0n) is 43.4. The van der Waals surface area contributed by atoms with Gasteiger partial charge in [-0.2, -0.15) is 0 Å². The van der Waals surface area contributed by atoms with Gasteiger partial charge in [0.05, 0.1) is 59.9 Å². The first-order chi connectivity index (χ1) is 32.7. The fourth-order valence-corrected chi connectivity index (χ4v) is 18.7. The highest BCUT2D eigenvalue weighted by molar-refractivity contribution is 6.09. The van der Waals surface area contributed by atoms with Gasteiger partial charge in [0.25, 0.3) is 0 Å². The molecule has 2 heterocycles. The largest absolute Gasteiger partial charge is 0.481 e. The van der Waals surface area contributed by atoms with Gasteiger partial charge in [-0.15, -0.1) is 0 Å². The first-order valence-electron chi connectivity index (χ1n) is 26.7. The highest BCUT2D eigenvalue weighted by Gasteiger charge is 2.83. The molecule has 7 saturated carbocycles. The lowest BCUT2D eigenvalue weighted by Crippen LogP contribution is -2.71. The van der Waals surface area contributed by atoms with E-state index in [9.17, 15) is 14.7 Å². The summed E-state index contributed by atoms with van der Waals surface area (Å²) in [5, 5.41) is 9.91. The Kier molecular flexibility index (Phi) is 11.8. The lowest BCUT2D eigenvalue weighted by molar-refractivity contribution is -0.272. The summed E-state index contributed by atoms with van der Waals surface area (Å²) < 4.78 is 20.4. The number of aliphatic imine (C=N–C) groups is 1. The van der Waals surface area contributed by atoms with Gasteiger partial charge in [0.15, 0.2) is 5.78 Å². The predicted octanol–water partition coefficient (Wildman–Crippen LogP) is 10.8. The number of rotatable bonds is 14. The van der Waals surface area contributed by atoms with Gasteiger partial charge in [0.1, 0.15) is 11.9 Å². The van der Waals surface area contributed by atoms with Gasteiger partial charge in [-0.25, -0.2) is 4.98 Å². The summed E-state index contributed by atoms with van der Waals surface area (Å²) in [6.07, 6.45) is 13.4. The van der Waals surface area contributed by atoms with Crippen LogP contribution in [0.1, 0.15) is 151 Å². The highest BCUT2D eigenvalue weighted by atomic mass is 16.5. The van der Waals surface area contributed by atoms with E-state index in [4.69, 9.17) is 30.8 Å². The smallest absolute Gasteiger partial charge is 0.307 e. The fourth-order valence-electron chi connectivity index (χ4n) is 18.7. The Bertz CT molecular complexity index is 2400. The summed E-state index contributed by atoms with van der Waals surface area (Å²) >= 11 is 0. The lowest BCUT2D eigenvalue weighted by atomic mass is 9.29. The number of hydrogen-bond acceptors (Lipinski definition) is 8. The maximum absolute atomic E-state index is 16.1. The molecule has 7 aliphatic carbocycles. The molecule has 376 valence electrons. The molecule has 1 N–H and O–H groups in total. The Labute approximate surface area is 412 Å². The van der Waals surface area contributed by atoms with Crippen LogP contribution in [-0.2, 0) is 35.1 Å². The number of ketones is 1. The normalized spacial score (nSPS) is 43.8. The van der Waals surface area contributed by atoms with Gasteiger partial charge in [-0.3, -0.25) is 19.4 Å². The Hall–Kier alpha value is -3.67. The minimum Gasteiger partial charge on any atom is -0.481 e. The number of hydrogen-bond donors (Lipinski definition) is 1. The second kappa shape index (κ2) is 16.7. The summed E-state index contributed by atoms with van der Waals surface area (Å²) in [6, 6.07) is 10.3. The van der Waals surface area contributed by atoms with Crippen LogP contribution in [-0.4, -0.2) is 95.2 Å². The number of fused-ring (bicyclic) bond motifs is 7. The molecule has 69 heavy (non-hydrogen) atoms. The maximum Gasteiger partial charge on any atom is 0.307 e. The minimum atomic E-state index is -0.829. The number of Topliss-reactive ketones (excluding diaryl/α,β-unsaturated/α-hetero) is 1. The number of aromatic nitrogens is 2. The molecule has 1 spiro atoms. The molecule has 1 aliphatic heterocycles. The van der Waals surface area contributed by atoms with E-state index < -0.39 is 39.8 Å². The Morgan fingerprint density at radius 2 is 1.61 bits per heavy atom. The van der Waals surface area contributed by atoms with Crippen molar-refractivity contribution in [1.29, 1.82) is 0 Å². The van der Waals surface area contributed by atoms with Crippen molar-refractivity contribution in [3.63, 3.8) is 0 Å². The molecule has 8 aliphatic rings. The van der Waals surface area contributed by atoms with Crippen LogP contribution in [0.3, 0.4) is 0 Å². The molecule has 2 aromatic rings. The molecule has 1 saturated heterocycles. The molecule has 10 rings (SSSR count). The molecular formula is C58H82N4O7. The highest BCUT2D eigenvalue weighted by Crippen LogP contribution is 2.81. The van der Waals surface area contributed by atoms with Crippen molar-refractivity contribution in [3.8, 4) is 11.3 Å². The summed E-state index contributed by atoms with van der Waals surface area (Å²) in [6.45, 7) is 30.7. The average molecular weight is 947 g/mol. The molecular weight excluding hydrogens is 865 g/mol. The first-order valence-corrected chi connectivity index (χ1v) is 26.7. The third-order valence-electron chi connectivity index (χ3n) is 22.9. The zero-order chi connectivity index (χ0) is 49.3. The van der Waals surface area contributed by atoms with Gasteiger partial charge in [0, 0.05) is 32.0 Å². The summed E-state index contributed by atoms with van der Waals surface area (Å²) in [4.78, 5) is 54.5. The number of imidazole rings is 1. The first kappa shape index (κ1) is 48.9. The monoisotopic (exact) mass is 947 g/mol. The number of benzene rings is 1. The van der Waals surface area contributed by atoms with Gasteiger partial charge in [-0.1, -0.05) is 84.0 Å². The van der Waals surface area contributed by atoms with Gasteiger partial charge >= 0.3 is 5.97 Å². The van der Waals surface area contributed by atoms with E-state index in [1.54, 1.807) is 7.11 Å². The molecule has 8 fully saturated rings. The van der Waals surface area contributed by atoms with Crippen LogP contribution in [0, 0.1) is 67.5 Å². The number of ether oxygens (including phenoxy) is 3. The van der Waals surface area contributed by atoms with E-state index in [-0.39, 0.29) is 57.3 Å². The maximum atomic E-state index is 16.1. The van der Waals surface area contributed by atoms with Crippen LogP contribution in [0.4, 0.5) is 0 Å². The van der Waals surface area contributed by atoms with Crippen molar-refractivity contribution in [2.75, 3.05) is 33.5 Å². The van der Waals surface area contributed by atoms with Crippen molar-refractivity contribution < 1.29 is 33.7 Å². The van der Waals surface area contributed by atoms with Gasteiger partial charge in [-0.05, 0) is 155 Å². The molecule has 11 nitrogen and oxygen atoms in total. The van der Waals surface area contributed by atoms with E-state index in [1.165, 1.54) is 5.57 Å². The average Bonchev–Trinajstić information content (AvgIpc) is 3.80. The molecule has 1 aromatic carbocycles. The van der Waals surface area contributed by atoms with Crippen LogP contribution in [0.5, 0.6) is 0 Å². The van der Waals surface area contributed by atoms with Crippen molar-refractivity contribution in [1.82, 2.24) is 14.5 Å². The summed E-state index contributed by atoms with van der Waals surface area (Å²) in [5.41, 5.74) is 0.721. The van der Waals surface area contributed by atoms with Crippen LogP contribution in [0.25, 0.3) is 11.3 Å². The van der Waals surface area contributed by atoms with E-state index in [2.05, 4.69) is 88.2 Å². The summed E-state index contributed by atoms with van der Waals surface area (Å²) in [7, 11) is 1.69. The van der Waals surface area contributed by atoms with Crippen LogP contribution in [0.2, 0.25) is 0 Å². The molecule has 1 aromatic heterocycles. The number of amides is 1. The topological polar surface area (TPSA) is 133 Å². The molecule has 5 unspecified atom stereocenters. The summed E-state index contributed by atoms with van der Waals surface area (Å²) in [5.74, 6) is 1.17. The van der Waals surface area contributed by atoms with E-state index in [0.717, 1.165) is 101 Å². The van der Waals surface area contributed by atoms with Crippen molar-refractivity contribution in [2.24, 2.45) is 72.5 Å². The number of carbonyl (C=O) groups excluding carboxylic acids is 2. The van der Waals surface area contributed by atoms with Gasteiger partial charge in [0.2, 0.25) is 5.91 Å². The van der Waals surface area contributed by atoms with Crippen molar-refractivity contribution in [2.45, 2.75) is 169 Å². The van der Waals surface area contributed by atoms with Gasteiger partial charge < -0.3 is 28.8 Å². The number of allylic oxidation sites excluding steroid dienone is 1. The number of carboxylic acids is 1. The zero-order valence-corrected chi connectivity index (χ0v) is 43.4. The number of aliphatic carboxylic acids is 1. The lowest BCUT2D eigenvalue weighted by Gasteiger charge is -2.76. The van der Waals surface area contributed by atoms with Crippen LogP contribution in [0.15, 0.2) is 53.7 Å². The quantitative estimate of drug-likeness (QED) is 0.112. The standard InChI is InChI=1S/C58H82N4O7/c1-36(2)38-19-26-57(50(66)62-29-15-18-41(62)48-60-40(37-16-13-12-14-17-37)35-61(48)30-31-68-33-32-67-11)28-27-55(8)53(6)24-21-43-52(5,42(53)20-25-54(55,7)45(38)57)23-22-44(56(43,9)59-10)69-47-46(63)58(47)34-39(49(64)65)51(58,3)4/h12-14,16-17,35,38-39,41-45,47H,1,10,15,18-34H2,2-9,11H3,(H,64,65)/t38-,39-,41-,42?,43?,44-,45?,47?,52+,53+,54+,55-,56-,57-,58?/m0/s1. The van der Waals surface area contributed by atoms with Crippen LogP contribution >= 0.6 is 0 Å². The molecule has 11 heteroatoms. The van der Waals surface area contributed by atoms with E-state index in [1.807, 2.05) is 19.9 Å². The minimum absolute atomic E-state index is 0.0194. The fraction of sp³-hybridized carbons (Fsp3) is 0.741. The van der Waals surface area contributed by atoms with E-state index in [0.29, 0.717) is 44.6 Å². The third kappa shape index (κ3) is 6.55. The van der Waals surface area contributed by atoms with E-state index >= 15 is 4.79 Å². The SMILES string of the molecule is C=N[C@@]1(C)C2CC[C@]3(C)C(CC[C@]4(C)C5[C@H](C(=C)C)CC[C@]5(C(=O)N5CCC[C@H]5c5nc(-c6ccccc6)cn5CCOCCOC)CC[C@]43C)[C@@]2(C)CC[C@@H]1OC1C(=O)C12C[C@@H](C(=O)O)C2(C)C. The molecule has 0 bridgehead atoms. The molecule has 0 radical (unpaired) electrons. The predicted molar refractivity (Wildman–Crippen MR) is 267 cm³/mol. The van der Waals surface area contributed by atoms with Crippen molar-refractivity contribution in [3.05, 3.63) is 54.5 Å². The Morgan fingerprint density at radius 1 is 0.884 bits per heavy atom. The Balaban J connectivity index is 0.933. The number of likely N-dealkylation sites (tertiary alicyclic amines) is 1. The van der Waals surface area contributed by atoms with Crippen LogP contribution < -0.4 is 0 Å². The number of methoxy groups -OCH3 is 1. The van der Waals surface area contributed by atoms with Crippen molar-refractivity contribution >= 4 is 24.4 Å².